The van der Waals surface area contributed by atoms with Crippen LogP contribution in [0.25, 0.3) is 0 Å². The van der Waals surface area contributed by atoms with Gasteiger partial charge in [-0.2, -0.15) is 8.78 Å². The molecule has 66 valence electrons. The lowest BCUT2D eigenvalue weighted by Gasteiger charge is -2.27. The average molecular weight is 231 g/mol. The van der Waals surface area contributed by atoms with Crippen LogP contribution in [0.4, 0.5) is 13.2 Å². The Morgan fingerprint density at radius 1 is 1.09 bits per heavy atom. The topological polar surface area (TPSA) is 0 Å². The maximum absolute atomic E-state index is 12.5. The molecular weight excluding hydrogens is 221 g/mol. The largest absolute Gasteiger partial charge is 0.304 e. The Morgan fingerprint density at radius 3 is 1.91 bits per heavy atom. The van der Waals surface area contributed by atoms with Crippen LogP contribution in [0, 0.1) is 5.92 Å². The van der Waals surface area contributed by atoms with Crippen molar-refractivity contribution in [1.29, 1.82) is 0 Å². The molecule has 1 rings (SSSR count). The summed E-state index contributed by atoms with van der Waals surface area (Å²) in [5.41, 5.74) is 0. The van der Waals surface area contributed by atoms with Crippen molar-refractivity contribution < 1.29 is 13.2 Å². The van der Waals surface area contributed by atoms with Crippen molar-refractivity contribution in [1.82, 2.24) is 0 Å². The van der Waals surface area contributed by atoms with Gasteiger partial charge < -0.3 is 0 Å². The third-order valence-corrected chi connectivity index (χ3v) is 2.77. The Bertz CT molecular complexity index is 124. The molecule has 0 N–H and O–H groups in total. The summed E-state index contributed by atoms with van der Waals surface area (Å²) < 4.78 is 37.5. The minimum atomic E-state index is -2.80. The molecule has 0 aromatic heterocycles. The summed E-state index contributed by atoms with van der Waals surface area (Å²) in [4.78, 5) is -2.80. The molecule has 0 aromatic rings. The number of hydrogen-bond donors (Lipinski definition) is 0. The highest BCUT2D eigenvalue weighted by Gasteiger charge is 2.38. The zero-order valence-corrected chi connectivity index (χ0v) is 7.58. The predicted molar refractivity (Wildman–Crippen MR) is 40.7 cm³/mol. The summed E-state index contributed by atoms with van der Waals surface area (Å²) in [5.74, 6) is -0.672. The number of alkyl halides is 4. The highest BCUT2D eigenvalue weighted by Crippen LogP contribution is 2.41. The summed E-state index contributed by atoms with van der Waals surface area (Å²) in [5, 5.41) is 0. The first-order chi connectivity index (χ1) is 5.00. The van der Waals surface area contributed by atoms with E-state index >= 15 is 0 Å². The predicted octanol–water partition coefficient (Wildman–Crippen LogP) is 3.50. The molecule has 0 nitrogen and oxygen atoms in total. The molecule has 1 aliphatic carbocycles. The van der Waals surface area contributed by atoms with Gasteiger partial charge in [0, 0.05) is 5.92 Å². The summed E-state index contributed by atoms with van der Waals surface area (Å²) in [6.07, 6.45) is 0.289. The molecule has 1 aliphatic rings. The van der Waals surface area contributed by atoms with Gasteiger partial charge in [-0.25, -0.2) is 4.39 Å². The minimum Gasteiger partial charge on any atom is -0.247 e. The molecule has 0 atom stereocenters. The monoisotopic (exact) mass is 230 g/mol. The van der Waals surface area contributed by atoms with E-state index in [-0.39, 0.29) is 12.8 Å². The van der Waals surface area contributed by atoms with E-state index in [1.165, 1.54) is 0 Å². The van der Waals surface area contributed by atoms with E-state index in [1.807, 2.05) is 0 Å². The van der Waals surface area contributed by atoms with Gasteiger partial charge in [-0.15, -0.1) is 0 Å². The van der Waals surface area contributed by atoms with Gasteiger partial charge in [0.25, 0.3) is 0 Å². The molecule has 0 spiro atoms. The van der Waals surface area contributed by atoms with Crippen LogP contribution in [-0.4, -0.2) is 11.0 Å². The second-order valence-corrected chi connectivity index (χ2v) is 4.05. The van der Waals surface area contributed by atoms with E-state index in [4.69, 9.17) is 0 Å². The fourth-order valence-corrected chi connectivity index (χ4v) is 1.84. The van der Waals surface area contributed by atoms with Gasteiger partial charge in [0.1, 0.15) is 6.17 Å². The highest BCUT2D eigenvalue weighted by molar-refractivity contribution is 9.10. The first-order valence-corrected chi connectivity index (χ1v) is 4.50. The van der Waals surface area contributed by atoms with Crippen LogP contribution in [0.1, 0.15) is 25.7 Å². The van der Waals surface area contributed by atoms with Crippen molar-refractivity contribution in [2.24, 2.45) is 5.92 Å². The fourth-order valence-electron chi connectivity index (χ4n) is 1.38. The van der Waals surface area contributed by atoms with Crippen LogP contribution < -0.4 is 0 Å². The average Bonchev–Trinajstić information content (AvgIpc) is 1.86. The fraction of sp³-hybridized carbons (Fsp3) is 1.00. The van der Waals surface area contributed by atoms with Crippen LogP contribution in [0.2, 0.25) is 0 Å². The molecule has 1 saturated carbocycles. The first kappa shape index (κ1) is 9.36. The van der Waals surface area contributed by atoms with Gasteiger partial charge in [-0.1, -0.05) is 0 Å². The number of rotatable bonds is 1. The summed E-state index contributed by atoms with van der Waals surface area (Å²) in [6, 6.07) is 0. The van der Waals surface area contributed by atoms with E-state index in [1.54, 1.807) is 0 Å². The van der Waals surface area contributed by atoms with Crippen molar-refractivity contribution in [2.75, 3.05) is 0 Å². The molecule has 0 unspecified atom stereocenters. The zero-order chi connectivity index (χ0) is 8.48. The van der Waals surface area contributed by atoms with Crippen LogP contribution in [-0.2, 0) is 0 Å². The van der Waals surface area contributed by atoms with Crippen molar-refractivity contribution in [3.63, 3.8) is 0 Å². The molecule has 0 heterocycles. The third kappa shape index (κ3) is 2.65. The number of hydrogen-bond acceptors (Lipinski definition) is 0. The molecule has 0 aromatic carbocycles. The Hall–Kier alpha value is 0.270. The molecule has 1 fully saturated rings. The quantitative estimate of drug-likeness (QED) is 0.606. The van der Waals surface area contributed by atoms with Crippen LogP contribution in [0.5, 0.6) is 0 Å². The lowest BCUT2D eigenvalue weighted by Crippen LogP contribution is -2.26. The van der Waals surface area contributed by atoms with Gasteiger partial charge in [0.2, 0.25) is 0 Å². The van der Waals surface area contributed by atoms with Crippen molar-refractivity contribution in [2.45, 2.75) is 36.7 Å². The Morgan fingerprint density at radius 2 is 1.55 bits per heavy atom. The van der Waals surface area contributed by atoms with Crippen LogP contribution in [0.3, 0.4) is 0 Å². The highest BCUT2D eigenvalue weighted by atomic mass is 79.9. The molecule has 0 saturated heterocycles. The van der Waals surface area contributed by atoms with Gasteiger partial charge in [-0.3, -0.25) is 0 Å². The van der Waals surface area contributed by atoms with E-state index in [0.29, 0.717) is 12.8 Å². The molecule has 4 heteroatoms. The van der Waals surface area contributed by atoms with Crippen molar-refractivity contribution in [3.8, 4) is 0 Å². The summed E-state index contributed by atoms with van der Waals surface area (Å²) in [7, 11) is 0. The van der Waals surface area contributed by atoms with Gasteiger partial charge in [0.15, 0.2) is 0 Å². The minimum absolute atomic E-state index is 0.284. The normalized spacial score (nSPS) is 33.8. The molecule has 0 amide bonds. The maximum Gasteiger partial charge on any atom is 0.304 e. The van der Waals surface area contributed by atoms with Crippen LogP contribution in [0.15, 0.2) is 0 Å². The third-order valence-electron chi connectivity index (χ3n) is 2.12. The van der Waals surface area contributed by atoms with Crippen LogP contribution >= 0.6 is 15.9 Å². The summed E-state index contributed by atoms with van der Waals surface area (Å²) in [6.45, 7) is 0. The Labute approximate surface area is 72.3 Å². The lowest BCUT2D eigenvalue weighted by molar-refractivity contribution is 0.0151. The lowest BCUT2D eigenvalue weighted by atomic mass is 9.88. The zero-order valence-electron chi connectivity index (χ0n) is 5.99. The van der Waals surface area contributed by atoms with E-state index in [0.717, 1.165) is 0 Å². The van der Waals surface area contributed by atoms with Gasteiger partial charge >= 0.3 is 4.83 Å². The Balaban J connectivity index is 2.39. The van der Waals surface area contributed by atoms with Gasteiger partial charge in [0.05, 0.1) is 0 Å². The molecule has 0 bridgehead atoms. The standard InChI is InChI=1S/C7H10BrF3/c8-7(10,11)5-1-3-6(9)4-2-5/h5-6H,1-4H2. The maximum atomic E-state index is 12.5. The molecular formula is C7H10BrF3. The smallest absolute Gasteiger partial charge is 0.247 e. The van der Waals surface area contributed by atoms with E-state index in [2.05, 4.69) is 15.9 Å². The SMILES string of the molecule is FC1CCC(C(F)(F)Br)CC1. The summed E-state index contributed by atoms with van der Waals surface area (Å²) >= 11 is 2.30. The van der Waals surface area contributed by atoms with E-state index < -0.39 is 16.9 Å². The molecule has 0 radical (unpaired) electrons. The second kappa shape index (κ2) is 3.33. The second-order valence-electron chi connectivity index (χ2n) is 2.99. The van der Waals surface area contributed by atoms with Gasteiger partial charge in [-0.05, 0) is 41.6 Å². The van der Waals surface area contributed by atoms with E-state index in [9.17, 15) is 13.2 Å². The van der Waals surface area contributed by atoms with Crippen molar-refractivity contribution >= 4 is 15.9 Å². The number of halogens is 4. The van der Waals surface area contributed by atoms with Crippen molar-refractivity contribution in [3.05, 3.63) is 0 Å². The molecule has 11 heavy (non-hydrogen) atoms. The molecule has 0 aliphatic heterocycles. The first-order valence-electron chi connectivity index (χ1n) is 3.71. The Kier molecular flexibility index (Phi) is 2.84.